The number of rotatable bonds is 5. The molecule has 3 N–H and O–H groups in total. The van der Waals surface area contributed by atoms with Crippen molar-refractivity contribution in [3.63, 3.8) is 0 Å². The molecule has 2 aromatic rings. The molecule has 0 spiro atoms. The zero-order valence-electron chi connectivity index (χ0n) is 11.1. The van der Waals surface area contributed by atoms with Gasteiger partial charge in [-0.05, 0) is 36.4 Å². The SMILES string of the molecule is COc1ccc(O)c(-c2cc(Cl)ccc2NCCO)c1. The topological polar surface area (TPSA) is 61.7 Å². The molecule has 0 unspecified atom stereocenters. The van der Waals surface area contributed by atoms with E-state index in [-0.39, 0.29) is 12.4 Å². The Hall–Kier alpha value is -1.91. The van der Waals surface area contributed by atoms with Gasteiger partial charge in [0.2, 0.25) is 0 Å². The van der Waals surface area contributed by atoms with Crippen molar-refractivity contribution in [2.45, 2.75) is 0 Å². The maximum Gasteiger partial charge on any atom is 0.123 e. The summed E-state index contributed by atoms with van der Waals surface area (Å²) in [5, 5.41) is 22.6. The quantitative estimate of drug-likeness (QED) is 0.792. The average molecular weight is 294 g/mol. The van der Waals surface area contributed by atoms with E-state index in [2.05, 4.69) is 5.32 Å². The Balaban J connectivity index is 2.52. The molecule has 0 aromatic heterocycles. The zero-order valence-corrected chi connectivity index (χ0v) is 11.8. The highest BCUT2D eigenvalue weighted by Crippen LogP contribution is 2.38. The Morgan fingerprint density at radius 2 is 1.95 bits per heavy atom. The summed E-state index contributed by atoms with van der Waals surface area (Å²) >= 11 is 6.04. The summed E-state index contributed by atoms with van der Waals surface area (Å²) in [6, 6.07) is 10.3. The zero-order chi connectivity index (χ0) is 14.5. The van der Waals surface area contributed by atoms with Crippen molar-refractivity contribution in [2.75, 3.05) is 25.6 Å². The largest absolute Gasteiger partial charge is 0.507 e. The van der Waals surface area contributed by atoms with E-state index in [0.717, 1.165) is 11.3 Å². The van der Waals surface area contributed by atoms with Crippen LogP contribution < -0.4 is 10.1 Å². The molecular formula is C15H16ClNO3. The van der Waals surface area contributed by atoms with E-state index < -0.39 is 0 Å². The van der Waals surface area contributed by atoms with Gasteiger partial charge in [-0.2, -0.15) is 0 Å². The van der Waals surface area contributed by atoms with Gasteiger partial charge in [-0.1, -0.05) is 11.6 Å². The number of nitrogens with one attached hydrogen (secondary N) is 1. The second-order valence-electron chi connectivity index (χ2n) is 4.22. The van der Waals surface area contributed by atoms with E-state index in [0.29, 0.717) is 22.9 Å². The summed E-state index contributed by atoms with van der Waals surface area (Å²) in [5.41, 5.74) is 2.15. The number of benzene rings is 2. The van der Waals surface area contributed by atoms with Crippen molar-refractivity contribution in [1.29, 1.82) is 0 Å². The number of halogens is 1. The second-order valence-corrected chi connectivity index (χ2v) is 4.66. The summed E-state index contributed by atoms with van der Waals surface area (Å²) in [4.78, 5) is 0. The molecule has 0 atom stereocenters. The minimum Gasteiger partial charge on any atom is -0.507 e. The summed E-state index contributed by atoms with van der Waals surface area (Å²) in [6.45, 7) is 0.436. The standard InChI is InChI=1S/C15H16ClNO3/c1-20-11-3-5-15(19)13(9-11)12-8-10(16)2-4-14(12)17-6-7-18/h2-5,8-9,17-19H,6-7H2,1H3. The van der Waals surface area contributed by atoms with Gasteiger partial charge >= 0.3 is 0 Å². The first-order chi connectivity index (χ1) is 9.65. The molecule has 2 rings (SSSR count). The number of phenols is 1. The number of hydrogen-bond donors (Lipinski definition) is 3. The van der Waals surface area contributed by atoms with Crippen molar-refractivity contribution in [2.24, 2.45) is 0 Å². The summed E-state index contributed by atoms with van der Waals surface area (Å²) in [7, 11) is 1.57. The third-order valence-corrected chi connectivity index (χ3v) is 3.14. The van der Waals surface area contributed by atoms with Gasteiger partial charge in [0.25, 0.3) is 0 Å². The Labute approximate surface area is 122 Å². The van der Waals surface area contributed by atoms with Crippen LogP contribution in [0.25, 0.3) is 11.1 Å². The Morgan fingerprint density at radius 3 is 2.65 bits per heavy atom. The number of hydrogen-bond acceptors (Lipinski definition) is 4. The fourth-order valence-electron chi connectivity index (χ4n) is 1.94. The van der Waals surface area contributed by atoms with Crippen LogP contribution >= 0.6 is 11.6 Å². The van der Waals surface area contributed by atoms with Gasteiger partial charge in [0.05, 0.1) is 13.7 Å². The van der Waals surface area contributed by atoms with Gasteiger partial charge in [0.15, 0.2) is 0 Å². The van der Waals surface area contributed by atoms with Gasteiger partial charge in [0, 0.05) is 28.4 Å². The minimum absolute atomic E-state index is 0.0200. The molecule has 5 heteroatoms. The lowest BCUT2D eigenvalue weighted by atomic mass is 10.0. The van der Waals surface area contributed by atoms with Crippen LogP contribution in [-0.2, 0) is 0 Å². The van der Waals surface area contributed by atoms with E-state index in [4.69, 9.17) is 21.4 Å². The van der Waals surface area contributed by atoms with Crippen LogP contribution in [0.15, 0.2) is 36.4 Å². The van der Waals surface area contributed by atoms with E-state index >= 15 is 0 Å². The fourth-order valence-corrected chi connectivity index (χ4v) is 2.11. The van der Waals surface area contributed by atoms with Crippen LogP contribution in [0.2, 0.25) is 5.02 Å². The number of aliphatic hydroxyl groups excluding tert-OH is 1. The Morgan fingerprint density at radius 1 is 1.15 bits per heavy atom. The maximum atomic E-state index is 10.0. The fraction of sp³-hybridized carbons (Fsp3) is 0.200. The summed E-state index contributed by atoms with van der Waals surface area (Å²) in [5.74, 6) is 0.783. The molecule has 0 aliphatic rings. The number of ether oxygens (including phenoxy) is 1. The van der Waals surface area contributed by atoms with Crippen molar-refractivity contribution < 1.29 is 14.9 Å². The highest BCUT2D eigenvalue weighted by molar-refractivity contribution is 6.31. The molecule has 106 valence electrons. The van der Waals surface area contributed by atoms with Crippen LogP contribution in [0.3, 0.4) is 0 Å². The molecule has 0 amide bonds. The molecular weight excluding hydrogens is 278 g/mol. The van der Waals surface area contributed by atoms with Crippen molar-refractivity contribution in [3.8, 4) is 22.6 Å². The number of phenolic OH excluding ortho intramolecular Hbond substituents is 1. The van der Waals surface area contributed by atoms with Crippen molar-refractivity contribution >= 4 is 17.3 Å². The molecule has 20 heavy (non-hydrogen) atoms. The predicted molar refractivity (Wildman–Crippen MR) is 80.7 cm³/mol. The van der Waals surface area contributed by atoms with E-state index in [1.807, 2.05) is 6.07 Å². The third kappa shape index (κ3) is 3.15. The lowest BCUT2D eigenvalue weighted by Crippen LogP contribution is -2.06. The molecule has 0 saturated carbocycles. The van der Waals surface area contributed by atoms with E-state index in [1.165, 1.54) is 0 Å². The van der Waals surface area contributed by atoms with Gasteiger partial charge in [-0.15, -0.1) is 0 Å². The minimum atomic E-state index is 0.0200. The highest BCUT2D eigenvalue weighted by Gasteiger charge is 2.11. The lowest BCUT2D eigenvalue weighted by molar-refractivity contribution is 0.311. The number of anilines is 1. The van der Waals surface area contributed by atoms with Crippen molar-refractivity contribution in [3.05, 3.63) is 41.4 Å². The average Bonchev–Trinajstić information content (AvgIpc) is 2.46. The van der Waals surface area contributed by atoms with Gasteiger partial charge in [-0.25, -0.2) is 0 Å². The first kappa shape index (κ1) is 14.5. The molecule has 0 aliphatic heterocycles. The van der Waals surface area contributed by atoms with E-state index in [9.17, 15) is 5.11 Å². The van der Waals surface area contributed by atoms with Gasteiger partial charge in [-0.3, -0.25) is 0 Å². The smallest absolute Gasteiger partial charge is 0.123 e. The number of aromatic hydroxyl groups is 1. The first-order valence-electron chi connectivity index (χ1n) is 6.17. The maximum absolute atomic E-state index is 10.0. The molecule has 0 bridgehead atoms. The van der Waals surface area contributed by atoms with E-state index in [1.54, 1.807) is 37.4 Å². The molecule has 4 nitrogen and oxygen atoms in total. The summed E-state index contributed by atoms with van der Waals surface area (Å²) < 4.78 is 5.18. The monoisotopic (exact) mass is 293 g/mol. The number of aliphatic hydroxyl groups is 1. The van der Waals surface area contributed by atoms with Gasteiger partial charge in [0.1, 0.15) is 11.5 Å². The molecule has 0 fully saturated rings. The molecule has 0 radical (unpaired) electrons. The molecule has 0 heterocycles. The molecule has 2 aromatic carbocycles. The Kier molecular flexibility index (Phi) is 4.71. The van der Waals surface area contributed by atoms with Crippen LogP contribution in [0, 0.1) is 0 Å². The second kappa shape index (κ2) is 6.50. The summed E-state index contributed by atoms with van der Waals surface area (Å²) in [6.07, 6.45) is 0. The number of methoxy groups -OCH3 is 1. The van der Waals surface area contributed by atoms with Crippen LogP contribution in [0.5, 0.6) is 11.5 Å². The van der Waals surface area contributed by atoms with Crippen LogP contribution in [0.4, 0.5) is 5.69 Å². The van der Waals surface area contributed by atoms with Gasteiger partial charge < -0.3 is 20.3 Å². The highest BCUT2D eigenvalue weighted by atomic mass is 35.5. The van der Waals surface area contributed by atoms with Crippen molar-refractivity contribution in [1.82, 2.24) is 0 Å². The van der Waals surface area contributed by atoms with Crippen LogP contribution in [0.1, 0.15) is 0 Å². The predicted octanol–water partition coefficient (Wildman–Crippen LogP) is 3.13. The Bertz CT molecular complexity index is 602. The molecule has 0 aliphatic carbocycles. The lowest BCUT2D eigenvalue weighted by Gasteiger charge is -2.14. The third-order valence-electron chi connectivity index (χ3n) is 2.90. The normalized spacial score (nSPS) is 10.3. The molecule has 0 saturated heterocycles. The first-order valence-corrected chi connectivity index (χ1v) is 6.55. The van der Waals surface area contributed by atoms with Crippen LogP contribution in [-0.4, -0.2) is 30.5 Å².